The van der Waals surface area contributed by atoms with Crippen molar-refractivity contribution in [2.45, 2.75) is 13.5 Å². The van der Waals surface area contributed by atoms with Gasteiger partial charge in [-0.05, 0) is 34.5 Å². The van der Waals surface area contributed by atoms with Crippen LogP contribution < -0.4 is 16.8 Å². The summed E-state index contributed by atoms with van der Waals surface area (Å²) in [5.41, 5.74) is 2.82. The first-order valence-corrected chi connectivity index (χ1v) is 6.69. The Balaban J connectivity index is 2.44. The van der Waals surface area contributed by atoms with Crippen molar-refractivity contribution in [2.24, 2.45) is 5.84 Å². The van der Waals surface area contributed by atoms with Crippen molar-refractivity contribution in [2.75, 3.05) is 5.43 Å². The molecular weight excluding hydrogens is 342 g/mol. The van der Waals surface area contributed by atoms with Crippen LogP contribution in [0.3, 0.4) is 0 Å². The Morgan fingerprint density at radius 3 is 2.86 bits per heavy atom. The van der Waals surface area contributed by atoms with Gasteiger partial charge in [0.2, 0.25) is 0 Å². The fourth-order valence-corrected chi connectivity index (χ4v) is 2.19. The monoisotopic (exact) mass is 353 g/mol. The highest BCUT2D eigenvalue weighted by Gasteiger charge is 2.14. The predicted molar refractivity (Wildman–Crippen MR) is 80.9 cm³/mol. The number of aryl methyl sites for hydroxylation is 1. The Bertz CT molecular complexity index is 759. The van der Waals surface area contributed by atoms with E-state index in [0.29, 0.717) is 15.9 Å². The number of nitrogens with two attached hydrogens (primary N) is 1. The molecule has 8 nitrogen and oxygen atoms in total. The minimum Gasteiger partial charge on any atom is -0.318 e. The van der Waals surface area contributed by atoms with Crippen LogP contribution in [0.4, 0.5) is 11.4 Å². The summed E-state index contributed by atoms with van der Waals surface area (Å²) in [5, 5.41) is 10.8. The average Bonchev–Trinajstić information content (AvgIpc) is 2.47. The number of hydrazine groups is 1. The molecule has 9 heteroatoms. The lowest BCUT2D eigenvalue weighted by molar-refractivity contribution is -0.384. The van der Waals surface area contributed by atoms with Crippen molar-refractivity contribution in [1.29, 1.82) is 0 Å². The second kappa shape index (κ2) is 6.02. The molecule has 0 bridgehead atoms. The van der Waals surface area contributed by atoms with Crippen LogP contribution in [0.15, 0.2) is 33.7 Å². The Hall–Kier alpha value is -2.26. The number of nitrogen functional groups attached to an aromatic ring is 1. The minimum absolute atomic E-state index is 0.127. The number of nitro benzene ring substituents is 1. The highest BCUT2D eigenvalue weighted by Crippen LogP contribution is 2.24. The molecule has 0 aliphatic rings. The van der Waals surface area contributed by atoms with Gasteiger partial charge in [-0.25, -0.2) is 4.98 Å². The van der Waals surface area contributed by atoms with Crippen LogP contribution >= 0.6 is 15.9 Å². The molecular formula is C12H12BrN5O3. The minimum atomic E-state index is -0.531. The normalized spacial score (nSPS) is 10.4. The van der Waals surface area contributed by atoms with Crippen LogP contribution in [0.2, 0.25) is 0 Å². The number of rotatable bonds is 4. The van der Waals surface area contributed by atoms with Crippen molar-refractivity contribution in [3.05, 3.63) is 60.7 Å². The molecule has 0 spiro atoms. The fourth-order valence-electron chi connectivity index (χ4n) is 1.88. The average molecular weight is 354 g/mol. The number of nitro groups is 1. The maximum Gasteiger partial charge on any atom is 0.293 e. The van der Waals surface area contributed by atoms with Gasteiger partial charge in [0.05, 0.1) is 11.5 Å². The van der Waals surface area contributed by atoms with Crippen LogP contribution in [0.1, 0.15) is 11.4 Å². The van der Waals surface area contributed by atoms with Crippen LogP contribution in [0, 0.1) is 17.0 Å². The SMILES string of the molecule is Cc1ncc(Br)c(=O)n1Cc1ccc([N+](=O)[O-])c(NN)c1. The largest absolute Gasteiger partial charge is 0.318 e. The quantitative estimate of drug-likeness (QED) is 0.489. The number of nitrogens with zero attached hydrogens (tertiary/aromatic N) is 3. The molecule has 0 aliphatic heterocycles. The first kappa shape index (κ1) is 15.1. The summed E-state index contributed by atoms with van der Waals surface area (Å²) in [6, 6.07) is 4.45. The van der Waals surface area contributed by atoms with Crippen LogP contribution in [-0.4, -0.2) is 14.5 Å². The number of benzene rings is 1. The third-order valence-corrected chi connectivity index (χ3v) is 3.50. The van der Waals surface area contributed by atoms with Gasteiger partial charge in [-0.2, -0.15) is 0 Å². The Morgan fingerprint density at radius 1 is 1.52 bits per heavy atom. The first-order valence-electron chi connectivity index (χ1n) is 5.90. The zero-order valence-electron chi connectivity index (χ0n) is 11.0. The molecule has 1 aromatic heterocycles. The summed E-state index contributed by atoms with van der Waals surface area (Å²) in [4.78, 5) is 26.5. The van der Waals surface area contributed by atoms with E-state index in [0.717, 1.165) is 0 Å². The van der Waals surface area contributed by atoms with E-state index >= 15 is 0 Å². The van der Waals surface area contributed by atoms with E-state index < -0.39 is 4.92 Å². The maximum absolute atomic E-state index is 12.1. The molecule has 21 heavy (non-hydrogen) atoms. The van der Waals surface area contributed by atoms with Gasteiger partial charge in [0.1, 0.15) is 16.0 Å². The van der Waals surface area contributed by atoms with Crippen molar-refractivity contribution < 1.29 is 4.92 Å². The summed E-state index contributed by atoms with van der Waals surface area (Å²) in [7, 11) is 0. The molecule has 0 fully saturated rings. The second-order valence-corrected chi connectivity index (χ2v) is 5.15. The lowest BCUT2D eigenvalue weighted by Crippen LogP contribution is -2.24. The molecule has 0 saturated carbocycles. The number of hydrogen-bond acceptors (Lipinski definition) is 6. The molecule has 0 radical (unpaired) electrons. The molecule has 3 N–H and O–H groups in total. The van der Waals surface area contributed by atoms with Crippen LogP contribution in [0.25, 0.3) is 0 Å². The Morgan fingerprint density at radius 2 is 2.24 bits per heavy atom. The molecule has 2 aromatic rings. The zero-order chi connectivity index (χ0) is 15.6. The van der Waals surface area contributed by atoms with E-state index in [1.54, 1.807) is 13.0 Å². The third-order valence-electron chi connectivity index (χ3n) is 2.96. The zero-order valence-corrected chi connectivity index (χ0v) is 12.6. The topological polar surface area (TPSA) is 116 Å². The highest BCUT2D eigenvalue weighted by atomic mass is 79.9. The van der Waals surface area contributed by atoms with Gasteiger partial charge in [0.15, 0.2) is 0 Å². The van der Waals surface area contributed by atoms with Crippen molar-refractivity contribution in [3.8, 4) is 0 Å². The van der Waals surface area contributed by atoms with E-state index in [-0.39, 0.29) is 23.5 Å². The van der Waals surface area contributed by atoms with Crippen LogP contribution in [0.5, 0.6) is 0 Å². The fraction of sp³-hybridized carbons (Fsp3) is 0.167. The van der Waals surface area contributed by atoms with E-state index in [4.69, 9.17) is 5.84 Å². The number of anilines is 1. The van der Waals surface area contributed by atoms with Gasteiger partial charge in [-0.15, -0.1) is 0 Å². The second-order valence-electron chi connectivity index (χ2n) is 4.30. The van der Waals surface area contributed by atoms with Gasteiger partial charge in [0.25, 0.3) is 11.2 Å². The molecule has 1 aromatic carbocycles. The van der Waals surface area contributed by atoms with Gasteiger partial charge in [-0.1, -0.05) is 6.07 Å². The van der Waals surface area contributed by atoms with Crippen molar-refractivity contribution in [3.63, 3.8) is 0 Å². The molecule has 0 amide bonds. The molecule has 0 aliphatic carbocycles. The number of halogens is 1. The van der Waals surface area contributed by atoms with Gasteiger partial charge in [-0.3, -0.25) is 25.3 Å². The molecule has 1 heterocycles. The van der Waals surface area contributed by atoms with Crippen LogP contribution in [-0.2, 0) is 6.54 Å². The molecule has 110 valence electrons. The summed E-state index contributed by atoms with van der Waals surface area (Å²) >= 11 is 3.13. The predicted octanol–water partition coefficient (Wildman–Crippen LogP) is 1.56. The Labute approximate surface area is 127 Å². The lowest BCUT2D eigenvalue weighted by atomic mass is 10.1. The lowest BCUT2D eigenvalue weighted by Gasteiger charge is -2.10. The third kappa shape index (κ3) is 3.09. The summed E-state index contributed by atoms with van der Waals surface area (Å²) in [6.45, 7) is 1.95. The van der Waals surface area contributed by atoms with E-state index in [1.807, 2.05) is 0 Å². The molecule has 0 unspecified atom stereocenters. The highest BCUT2D eigenvalue weighted by molar-refractivity contribution is 9.10. The summed E-state index contributed by atoms with van der Waals surface area (Å²) in [5.74, 6) is 5.84. The number of hydrogen-bond donors (Lipinski definition) is 2. The molecule has 2 rings (SSSR count). The number of aromatic nitrogens is 2. The van der Waals surface area contributed by atoms with E-state index in [1.165, 1.54) is 22.9 Å². The van der Waals surface area contributed by atoms with Gasteiger partial charge in [0, 0.05) is 12.3 Å². The van der Waals surface area contributed by atoms with Crippen molar-refractivity contribution in [1.82, 2.24) is 9.55 Å². The van der Waals surface area contributed by atoms with Gasteiger partial charge >= 0.3 is 0 Å². The molecule has 0 atom stereocenters. The number of nitrogens with one attached hydrogen (secondary N) is 1. The Kier molecular flexibility index (Phi) is 4.34. The summed E-state index contributed by atoms with van der Waals surface area (Å²) < 4.78 is 1.82. The molecule has 0 saturated heterocycles. The van der Waals surface area contributed by atoms with E-state index in [9.17, 15) is 14.9 Å². The van der Waals surface area contributed by atoms with Crippen molar-refractivity contribution >= 4 is 27.3 Å². The van der Waals surface area contributed by atoms with Gasteiger partial charge < -0.3 is 5.43 Å². The maximum atomic E-state index is 12.1. The van der Waals surface area contributed by atoms with E-state index in [2.05, 4.69) is 26.3 Å². The first-order chi connectivity index (χ1) is 9.93. The summed E-state index contributed by atoms with van der Waals surface area (Å²) in [6.07, 6.45) is 1.44. The standard InChI is InChI=1S/C12H12BrN5O3/c1-7-15-5-9(13)12(19)17(7)6-8-2-3-11(18(20)21)10(4-8)16-14/h2-5,16H,6,14H2,1H3. The smallest absolute Gasteiger partial charge is 0.293 e.